The van der Waals surface area contributed by atoms with Gasteiger partial charge in [0.25, 0.3) is 0 Å². The van der Waals surface area contributed by atoms with Crippen molar-refractivity contribution >= 4 is 11.8 Å². The van der Waals surface area contributed by atoms with Crippen LogP contribution in [0.4, 0.5) is 0 Å². The molecule has 0 radical (unpaired) electrons. The Morgan fingerprint density at radius 3 is 2.54 bits per heavy atom. The van der Waals surface area contributed by atoms with Crippen LogP contribution < -0.4 is 5.73 Å². The molecule has 1 atom stereocenters. The van der Waals surface area contributed by atoms with Gasteiger partial charge in [0.2, 0.25) is 0 Å². The predicted molar refractivity (Wildman–Crippen MR) is 46.3 cm³/mol. The lowest BCUT2D eigenvalue weighted by molar-refractivity contribution is -0.134. The smallest absolute Gasteiger partial charge is 0.331 e. The number of carboxylic acids is 1. The number of hydrogen-bond donors (Lipinski definition) is 2. The van der Waals surface area contributed by atoms with E-state index < -0.39 is 12.0 Å². The lowest BCUT2D eigenvalue weighted by Crippen LogP contribution is -2.35. The Morgan fingerprint density at radius 2 is 2.15 bits per heavy atom. The van der Waals surface area contributed by atoms with Crippen LogP contribution in [0.1, 0.15) is 6.42 Å². The van der Waals surface area contributed by atoms with Gasteiger partial charge in [-0.05, 0) is 0 Å². The first-order valence-corrected chi connectivity index (χ1v) is 3.67. The fourth-order valence-electron chi connectivity index (χ4n) is 0.690. The Morgan fingerprint density at radius 1 is 1.62 bits per heavy atom. The zero-order valence-corrected chi connectivity index (χ0v) is 7.45. The molecule has 0 aromatic carbocycles. The van der Waals surface area contributed by atoms with E-state index in [9.17, 15) is 9.59 Å². The Hall–Kier alpha value is -1.20. The fraction of sp³-hybridized carbons (Fsp3) is 0.500. The van der Waals surface area contributed by atoms with Gasteiger partial charge in [0, 0.05) is 19.1 Å². The number of carbonyl (C=O) groups excluding carboxylic acids is 1. The molecule has 0 fully saturated rings. The summed E-state index contributed by atoms with van der Waals surface area (Å²) < 4.78 is 4.64. The SMILES string of the molecule is C=C(CC(=O)[C@@H](N)COC)C(=O)O. The first kappa shape index (κ1) is 11.8. The first-order chi connectivity index (χ1) is 5.99. The molecule has 0 aromatic heterocycles. The third kappa shape index (κ3) is 4.39. The standard InChI is InChI=1S/C8H13NO4/c1-5(8(11)12)3-7(10)6(9)4-13-2/h6H,1,3-4,9H2,2H3,(H,11,12)/t6-/m0/s1. The summed E-state index contributed by atoms with van der Waals surface area (Å²) >= 11 is 0. The summed E-state index contributed by atoms with van der Waals surface area (Å²) in [5, 5.41) is 8.42. The van der Waals surface area contributed by atoms with Gasteiger partial charge in [-0.2, -0.15) is 0 Å². The molecule has 0 aliphatic rings. The molecule has 0 aliphatic heterocycles. The molecule has 0 bridgehead atoms. The Kier molecular flexibility index (Phi) is 4.94. The molecular formula is C8H13NO4. The van der Waals surface area contributed by atoms with Crippen LogP contribution in [0.5, 0.6) is 0 Å². The molecular weight excluding hydrogens is 174 g/mol. The molecule has 0 saturated carbocycles. The highest BCUT2D eigenvalue weighted by atomic mass is 16.5. The molecule has 3 N–H and O–H groups in total. The summed E-state index contributed by atoms with van der Waals surface area (Å²) in [5.74, 6) is -1.56. The van der Waals surface area contributed by atoms with Crippen molar-refractivity contribution in [3.8, 4) is 0 Å². The zero-order chi connectivity index (χ0) is 10.4. The van der Waals surface area contributed by atoms with Gasteiger partial charge < -0.3 is 15.6 Å². The van der Waals surface area contributed by atoms with Gasteiger partial charge >= 0.3 is 5.97 Å². The maximum Gasteiger partial charge on any atom is 0.331 e. The number of ether oxygens (including phenoxy) is 1. The van der Waals surface area contributed by atoms with E-state index in [0.29, 0.717) is 0 Å². The predicted octanol–water partition coefficient (Wildman–Crippen LogP) is -0.440. The summed E-state index contributed by atoms with van der Waals surface area (Å²) in [5.41, 5.74) is 5.21. The molecule has 0 spiro atoms. The number of carbonyl (C=O) groups is 2. The largest absolute Gasteiger partial charge is 0.478 e. The molecule has 13 heavy (non-hydrogen) atoms. The number of nitrogens with two attached hydrogens (primary N) is 1. The van der Waals surface area contributed by atoms with E-state index >= 15 is 0 Å². The summed E-state index contributed by atoms with van der Waals surface area (Å²) in [7, 11) is 1.42. The third-order valence-corrected chi connectivity index (χ3v) is 1.45. The van der Waals surface area contributed by atoms with Gasteiger partial charge in [0.05, 0.1) is 12.6 Å². The minimum Gasteiger partial charge on any atom is -0.478 e. The number of Topliss-reactive ketones (excluding diaryl/α,β-unsaturated/α-hetero) is 1. The van der Waals surface area contributed by atoms with Crippen molar-refractivity contribution in [1.29, 1.82) is 0 Å². The Labute approximate surface area is 76.2 Å². The van der Waals surface area contributed by atoms with E-state index in [2.05, 4.69) is 11.3 Å². The Bertz CT molecular complexity index is 224. The molecule has 0 unspecified atom stereocenters. The monoisotopic (exact) mass is 187 g/mol. The third-order valence-electron chi connectivity index (χ3n) is 1.45. The number of ketones is 1. The summed E-state index contributed by atoms with van der Waals surface area (Å²) in [4.78, 5) is 21.4. The average molecular weight is 187 g/mol. The molecule has 0 aromatic rings. The van der Waals surface area contributed by atoms with Crippen molar-refractivity contribution in [1.82, 2.24) is 0 Å². The van der Waals surface area contributed by atoms with Crippen LogP contribution >= 0.6 is 0 Å². The highest BCUT2D eigenvalue weighted by molar-refractivity contribution is 5.96. The quantitative estimate of drug-likeness (QED) is 0.550. The number of hydrogen-bond acceptors (Lipinski definition) is 4. The number of carboxylic acid groups (broad SMARTS) is 1. The van der Waals surface area contributed by atoms with Gasteiger partial charge in [-0.25, -0.2) is 4.79 Å². The van der Waals surface area contributed by atoms with Gasteiger partial charge in [-0.3, -0.25) is 4.79 Å². The van der Waals surface area contributed by atoms with E-state index in [-0.39, 0.29) is 24.4 Å². The number of methoxy groups -OCH3 is 1. The van der Waals surface area contributed by atoms with Gasteiger partial charge in [0.1, 0.15) is 0 Å². The highest BCUT2D eigenvalue weighted by Crippen LogP contribution is 2.01. The summed E-state index contributed by atoms with van der Waals surface area (Å²) in [6, 6.07) is -0.777. The van der Waals surface area contributed by atoms with Gasteiger partial charge in [0.15, 0.2) is 5.78 Å². The number of aliphatic carboxylic acids is 1. The second kappa shape index (κ2) is 5.45. The molecule has 0 aliphatic carbocycles. The maximum absolute atomic E-state index is 11.1. The molecule has 0 heterocycles. The Balaban J connectivity index is 4.00. The van der Waals surface area contributed by atoms with E-state index in [1.165, 1.54) is 7.11 Å². The second-order valence-corrected chi connectivity index (χ2v) is 2.61. The van der Waals surface area contributed by atoms with E-state index in [4.69, 9.17) is 10.8 Å². The minimum absolute atomic E-state index is 0.0890. The van der Waals surface area contributed by atoms with E-state index in [1.54, 1.807) is 0 Å². The van der Waals surface area contributed by atoms with Crippen LogP contribution in [0.25, 0.3) is 0 Å². The van der Waals surface area contributed by atoms with Crippen molar-refractivity contribution in [3.63, 3.8) is 0 Å². The van der Waals surface area contributed by atoms with Crippen LogP contribution in [0.15, 0.2) is 12.2 Å². The van der Waals surface area contributed by atoms with Crippen molar-refractivity contribution in [2.45, 2.75) is 12.5 Å². The molecule has 0 saturated heterocycles. The fourth-order valence-corrected chi connectivity index (χ4v) is 0.690. The summed E-state index contributed by atoms with van der Waals surface area (Å²) in [6.07, 6.45) is -0.236. The van der Waals surface area contributed by atoms with Crippen molar-refractivity contribution in [2.75, 3.05) is 13.7 Å². The zero-order valence-electron chi connectivity index (χ0n) is 7.45. The molecule has 0 rings (SSSR count). The summed E-state index contributed by atoms with van der Waals surface area (Å²) in [6.45, 7) is 3.31. The van der Waals surface area contributed by atoms with Crippen LogP contribution in [-0.4, -0.2) is 36.6 Å². The van der Waals surface area contributed by atoms with Crippen LogP contribution in [0.2, 0.25) is 0 Å². The molecule has 5 heteroatoms. The molecule has 74 valence electrons. The first-order valence-electron chi connectivity index (χ1n) is 3.67. The van der Waals surface area contributed by atoms with Crippen molar-refractivity contribution < 1.29 is 19.4 Å². The number of rotatable bonds is 6. The van der Waals surface area contributed by atoms with Gasteiger partial charge in [-0.15, -0.1) is 0 Å². The topological polar surface area (TPSA) is 89.6 Å². The molecule has 5 nitrogen and oxygen atoms in total. The van der Waals surface area contributed by atoms with Crippen molar-refractivity contribution in [3.05, 3.63) is 12.2 Å². The van der Waals surface area contributed by atoms with Crippen LogP contribution in [-0.2, 0) is 14.3 Å². The normalized spacial score (nSPS) is 12.2. The van der Waals surface area contributed by atoms with E-state index in [0.717, 1.165) is 0 Å². The second-order valence-electron chi connectivity index (χ2n) is 2.61. The minimum atomic E-state index is -1.18. The van der Waals surface area contributed by atoms with Crippen LogP contribution in [0.3, 0.4) is 0 Å². The van der Waals surface area contributed by atoms with Crippen LogP contribution in [0, 0.1) is 0 Å². The molecule has 0 amide bonds. The van der Waals surface area contributed by atoms with Gasteiger partial charge in [-0.1, -0.05) is 6.58 Å². The van der Waals surface area contributed by atoms with E-state index in [1.807, 2.05) is 0 Å². The highest BCUT2D eigenvalue weighted by Gasteiger charge is 2.16. The maximum atomic E-state index is 11.1. The average Bonchev–Trinajstić information content (AvgIpc) is 2.04. The lowest BCUT2D eigenvalue weighted by Gasteiger charge is -2.08. The van der Waals surface area contributed by atoms with Crippen molar-refractivity contribution in [2.24, 2.45) is 5.73 Å². The lowest BCUT2D eigenvalue weighted by atomic mass is 10.1.